The fourth-order valence-corrected chi connectivity index (χ4v) is 21.7. The molecule has 6 unspecified atom stereocenters. The number of rotatable bonds is 36. The Bertz CT molecular complexity index is 6590. The molecule has 6 nitrogen and oxygen atoms in total. The molecule has 6 atom stereocenters. The maximum Gasteiger partial charge on any atom is 0.132 e. The summed E-state index contributed by atoms with van der Waals surface area (Å²) < 4.78 is 36.8. The molecule has 0 fully saturated rings. The Kier molecular flexibility index (Phi) is 47.0. The highest BCUT2D eigenvalue weighted by atomic mass is 35.7. The molecular formula is C128H124Cl6O6P6. The van der Waals surface area contributed by atoms with Crippen LogP contribution in [0.3, 0.4) is 0 Å². The van der Waals surface area contributed by atoms with Gasteiger partial charge in [-0.05, 0) is 184 Å². The lowest BCUT2D eigenvalue weighted by atomic mass is 9.80. The summed E-state index contributed by atoms with van der Waals surface area (Å²) in [6, 6.07) is 158. The van der Waals surface area contributed by atoms with E-state index in [1.807, 2.05) is 164 Å². The smallest absolute Gasteiger partial charge is 0.132 e. The molecule has 744 valence electrons. The van der Waals surface area contributed by atoms with Gasteiger partial charge < -0.3 is 28.4 Å². The minimum atomic E-state index is -0.00142. The van der Waals surface area contributed by atoms with Gasteiger partial charge in [-0.25, -0.2) is 0 Å². The summed E-state index contributed by atoms with van der Waals surface area (Å²) in [6.07, 6.45) is 5.22. The molecule has 0 aliphatic carbocycles. The normalized spacial score (nSPS) is 11.3. The van der Waals surface area contributed by atoms with E-state index in [1.54, 1.807) is 0 Å². The number of halogens is 6. The van der Waals surface area contributed by atoms with Gasteiger partial charge in [-0.1, -0.05) is 522 Å². The van der Waals surface area contributed by atoms with Crippen LogP contribution in [0.1, 0.15) is 153 Å². The van der Waals surface area contributed by atoms with Crippen LogP contribution in [-0.4, -0.2) is 0 Å². The first kappa shape index (κ1) is 112. The van der Waals surface area contributed by atoms with Crippen molar-refractivity contribution in [3.05, 3.63) is 572 Å². The summed E-state index contributed by atoms with van der Waals surface area (Å²) in [5, 5.41) is 6.44. The van der Waals surface area contributed by atoms with Gasteiger partial charge in [0.25, 0.3) is 0 Å². The van der Waals surface area contributed by atoms with Crippen LogP contribution >= 0.6 is 115 Å². The van der Waals surface area contributed by atoms with Gasteiger partial charge in [0.15, 0.2) is 0 Å². The van der Waals surface area contributed by atoms with Gasteiger partial charge in [0, 0.05) is 104 Å². The summed E-state index contributed by atoms with van der Waals surface area (Å²) >= 11 is 37.3. The minimum absolute atomic E-state index is 0.00142. The van der Waals surface area contributed by atoms with Crippen LogP contribution in [0.5, 0.6) is 34.5 Å². The minimum Gasteiger partial charge on any atom is -0.488 e. The molecule has 18 heteroatoms. The molecule has 0 aromatic heterocycles. The highest BCUT2D eigenvalue weighted by Gasteiger charge is 2.27. The van der Waals surface area contributed by atoms with Gasteiger partial charge in [0.2, 0.25) is 0 Å². The van der Waals surface area contributed by atoms with Crippen molar-refractivity contribution in [1.29, 1.82) is 0 Å². The van der Waals surface area contributed by atoms with Crippen molar-refractivity contribution >= 4 is 147 Å². The Morgan fingerprint density at radius 3 is 0.678 bits per heavy atom. The van der Waals surface area contributed by atoms with E-state index in [0.29, 0.717) is 39.6 Å². The summed E-state index contributed by atoms with van der Waals surface area (Å²) in [5.74, 6) is 5.47. The molecule has 0 aliphatic rings. The van der Waals surface area contributed by atoms with Crippen molar-refractivity contribution in [1.82, 2.24) is 0 Å². The van der Waals surface area contributed by atoms with E-state index in [-0.39, 0.29) is 58.4 Å². The van der Waals surface area contributed by atoms with Crippen LogP contribution in [0, 0.1) is 0 Å². The van der Waals surface area contributed by atoms with Crippen molar-refractivity contribution in [3.8, 4) is 34.5 Å². The average molecular weight is 2160 g/mol. The number of benzene rings is 18. The number of hydrogen-bond acceptors (Lipinski definition) is 6. The molecule has 146 heavy (non-hydrogen) atoms. The summed E-state index contributed by atoms with van der Waals surface area (Å²) in [5.41, 5.74) is 24.6. The second kappa shape index (κ2) is 61.1. The zero-order valence-corrected chi connectivity index (χ0v) is 93.6. The maximum atomic E-state index is 6.41. The Balaban J connectivity index is 0.000000147. The van der Waals surface area contributed by atoms with Crippen LogP contribution in [0.2, 0.25) is 0 Å². The first-order valence-corrected chi connectivity index (χ1v) is 60.7. The van der Waals surface area contributed by atoms with Crippen molar-refractivity contribution in [3.63, 3.8) is 0 Å². The van der Waals surface area contributed by atoms with Gasteiger partial charge >= 0.3 is 0 Å². The van der Waals surface area contributed by atoms with Crippen molar-refractivity contribution in [2.75, 3.05) is 0 Å². The molecule has 0 heterocycles. The largest absolute Gasteiger partial charge is 0.488 e. The lowest BCUT2D eigenvalue weighted by molar-refractivity contribution is 0.300. The molecule has 0 bridgehead atoms. The van der Waals surface area contributed by atoms with E-state index in [9.17, 15) is 0 Å². The van der Waals surface area contributed by atoms with E-state index in [4.69, 9.17) is 95.9 Å². The molecule has 18 rings (SSSR count). The highest BCUT2D eigenvalue weighted by molar-refractivity contribution is 7.76. The van der Waals surface area contributed by atoms with Crippen LogP contribution in [0.25, 0.3) is 0 Å². The van der Waals surface area contributed by atoms with Crippen LogP contribution < -0.4 is 60.2 Å². The molecular weight excluding hydrogens is 2030 g/mol. The molecule has 0 saturated carbocycles. The first-order chi connectivity index (χ1) is 71.4. The predicted octanol–water partition coefficient (Wildman–Crippen LogP) is 34.5. The van der Waals surface area contributed by atoms with E-state index >= 15 is 0 Å². The second-order valence-corrected chi connectivity index (χ2v) is 44.7. The van der Waals surface area contributed by atoms with Crippen molar-refractivity contribution in [2.45, 2.75) is 131 Å². The molecule has 0 aliphatic heterocycles. The van der Waals surface area contributed by atoms with Crippen LogP contribution in [0.4, 0.5) is 0 Å². The third kappa shape index (κ3) is 37.4. The first-order valence-electron chi connectivity index (χ1n) is 48.7. The summed E-state index contributed by atoms with van der Waals surface area (Å²) in [4.78, 5) is 0. The fraction of sp³-hybridized carbons (Fsp3) is 0.156. The Labute approximate surface area is 904 Å². The molecule has 0 saturated heterocycles. The van der Waals surface area contributed by atoms with Gasteiger partial charge in [-0.2, -0.15) is 0 Å². The Hall–Kier alpha value is -10.9. The lowest BCUT2D eigenvalue weighted by Gasteiger charge is -2.29. The van der Waals surface area contributed by atoms with E-state index in [0.717, 1.165) is 133 Å². The van der Waals surface area contributed by atoms with E-state index in [1.165, 1.54) is 83.5 Å². The predicted molar refractivity (Wildman–Crippen MR) is 639 cm³/mol. The average Bonchev–Trinajstić information content (AvgIpc) is 0.777. The number of ether oxygens (including phenoxy) is 6. The molecule has 0 spiro atoms. The van der Waals surface area contributed by atoms with Crippen molar-refractivity contribution < 1.29 is 28.4 Å². The summed E-state index contributed by atoms with van der Waals surface area (Å²) in [6.45, 7) is 16.7. The molecule has 0 N–H and O–H groups in total. The Morgan fingerprint density at radius 1 is 0.171 bits per heavy atom. The SMILES string of the molecule is CC(C)(C)c1cc(PCl)c(OCc2ccccc2)c(C(C)(C)C)c1.ClPc1cc(Cc2ccccc2)cc(Cc2ccccc2)c1OCc1ccccc1.ClPc1cc(Cc2ccccc2)ccc1OCc1ccccc1.ClPc1cc(Cc2ccccc2)ccc1OCc1ccccc1.ClPc1cccc(Cc2ccccc2)c1OCc1ccccc1.ClPc1cccc(Cc2ccccc2)c1OCc1ccccc1. The number of para-hydroxylation sites is 2. The molecule has 0 radical (unpaired) electrons. The molecule has 0 amide bonds. The standard InChI is InChI=1S/C27H24ClOP.C21H28ClOP.4C20H18ClOP/c28-30-26-19-24(16-21-10-4-1-5-11-21)18-25(17-22-12-6-2-7-13-22)27(26)29-20-23-14-8-3-9-15-23;1-20(2,3)16-12-17(21(4,5)6)19(18(13-16)24-22)23-14-15-10-8-7-9-11-15;2*21-23-19-13-7-12-18(14-16-8-3-1-4-9-16)20(19)22-15-17-10-5-2-6-11-17;2*21-23-20-14-18(13-16-7-3-1-4-8-16)11-12-19(20)22-15-17-9-5-2-6-10-17/h1-15,18-19,30H,16-17,20H2;7-13,24H,14H2,1-6H3;2*1-13,23H,14-15H2;2*1-12,14,23H,13,15H2. The number of hydrogen-bond donors (Lipinski definition) is 0. The highest BCUT2D eigenvalue weighted by Crippen LogP contribution is 2.41. The summed E-state index contributed by atoms with van der Waals surface area (Å²) in [7, 11) is 1.16. The zero-order chi connectivity index (χ0) is 102. The zero-order valence-electron chi connectivity index (χ0n) is 83.1. The van der Waals surface area contributed by atoms with Crippen LogP contribution in [0.15, 0.2) is 461 Å². The Morgan fingerprint density at radius 2 is 0.404 bits per heavy atom. The second-order valence-electron chi connectivity index (χ2n) is 37.0. The van der Waals surface area contributed by atoms with Crippen molar-refractivity contribution in [2.24, 2.45) is 0 Å². The molecule has 18 aromatic rings. The van der Waals surface area contributed by atoms with E-state index < -0.39 is 0 Å². The van der Waals surface area contributed by atoms with Gasteiger partial charge in [-0.3, -0.25) is 0 Å². The van der Waals surface area contributed by atoms with Gasteiger partial charge in [0.1, 0.15) is 74.1 Å². The lowest BCUT2D eigenvalue weighted by Crippen LogP contribution is -2.22. The van der Waals surface area contributed by atoms with Gasteiger partial charge in [0.05, 0.1) is 0 Å². The third-order valence-corrected chi connectivity index (χ3v) is 30.9. The molecule has 18 aromatic carbocycles. The van der Waals surface area contributed by atoms with E-state index in [2.05, 4.69) is 339 Å². The van der Waals surface area contributed by atoms with Crippen LogP contribution in [-0.2, 0) is 89.0 Å². The fourth-order valence-electron chi connectivity index (χ4n) is 16.1. The third-order valence-electron chi connectivity index (χ3n) is 23.7. The van der Waals surface area contributed by atoms with Gasteiger partial charge in [-0.15, -0.1) is 0 Å². The maximum absolute atomic E-state index is 6.41. The topological polar surface area (TPSA) is 55.4 Å². The monoisotopic (exact) mass is 2150 g/mol. The quantitative estimate of drug-likeness (QED) is 0.0365.